The maximum absolute atomic E-state index is 13.9. The molecule has 1 aliphatic rings. The van der Waals surface area contributed by atoms with Gasteiger partial charge in [-0.25, -0.2) is 36.9 Å². The number of ether oxygens (including phenoxy) is 4. The number of nitrogens with zero attached hydrogens (tertiary/aromatic N) is 5. The van der Waals surface area contributed by atoms with E-state index in [9.17, 15) is 36.9 Å². The van der Waals surface area contributed by atoms with Gasteiger partial charge in [0.2, 0.25) is 16.7 Å². The molecule has 0 aliphatic carbocycles. The summed E-state index contributed by atoms with van der Waals surface area (Å²) in [7, 11) is -3.44. The topological polar surface area (TPSA) is 271 Å². The summed E-state index contributed by atoms with van der Waals surface area (Å²) >= 11 is 0.886. The average Bonchev–Trinajstić information content (AvgIpc) is 3.75. The van der Waals surface area contributed by atoms with Gasteiger partial charge in [-0.3, -0.25) is 14.9 Å². The number of carbonyl (C=O) groups excluding carboxylic acids is 5. The molecule has 4 amide bonds. The van der Waals surface area contributed by atoms with E-state index in [1.807, 2.05) is 40.8 Å². The Labute approximate surface area is 375 Å². The smallest absolute Gasteiger partial charge is 0.413 e. The molecule has 3 heterocycles. The molecular weight excluding hydrogens is 881 g/mol. The predicted octanol–water partition coefficient (Wildman–Crippen LogP) is 3.71. The summed E-state index contributed by atoms with van der Waals surface area (Å²) in [6, 6.07) is 5.57. The highest BCUT2D eigenvalue weighted by atomic mass is 32.3. The van der Waals surface area contributed by atoms with Crippen LogP contribution in [-0.2, 0) is 61.7 Å². The zero-order valence-corrected chi connectivity index (χ0v) is 39.4. The molecule has 3 aromatic rings. The number of amides is 4. The molecule has 4 rings (SSSR count). The third-order valence-electron chi connectivity index (χ3n) is 8.43. The number of thiazole rings is 1. The number of hydrogen-bond donors (Lipinski definition) is 3. The van der Waals surface area contributed by atoms with E-state index >= 15 is 0 Å². The Balaban J connectivity index is 1.53. The molecule has 2 aromatic heterocycles. The Bertz CT molecular complexity index is 2320. The van der Waals surface area contributed by atoms with Crippen molar-refractivity contribution in [2.45, 2.75) is 124 Å². The van der Waals surface area contributed by atoms with Gasteiger partial charge in [-0.1, -0.05) is 5.16 Å². The number of rotatable bonds is 17. The van der Waals surface area contributed by atoms with Gasteiger partial charge in [-0.15, -0.1) is 11.3 Å². The SMILES string of the molecule is C[n+]1cn(CCCNC(=O)OC(C)(C)C)cc1-c1ccc(OCC(O/N=C(\C(=O)N[C@@H]2C(=O)N(OS(=O)(=O)[O-])C2(C)C)c2csc(NC(=O)OC(C)(C)C)n2)C(=O)OC(C)(C)C)cc1. The number of β-lactam (4-membered cyclic amide) rings is 1. The minimum Gasteiger partial charge on any atom is -0.724 e. The number of carbonyl (C=O) groups is 5. The van der Waals surface area contributed by atoms with Crippen molar-refractivity contribution in [1.29, 1.82) is 0 Å². The molecule has 1 saturated heterocycles. The van der Waals surface area contributed by atoms with Crippen LogP contribution in [0.4, 0.5) is 14.7 Å². The van der Waals surface area contributed by atoms with Gasteiger partial charge in [-0.2, -0.15) is 9.35 Å². The van der Waals surface area contributed by atoms with Crippen LogP contribution in [0.3, 0.4) is 0 Å². The maximum Gasteiger partial charge on any atom is 0.413 e. The highest BCUT2D eigenvalue weighted by molar-refractivity contribution is 7.80. The van der Waals surface area contributed by atoms with E-state index < -0.39 is 87.2 Å². The van der Waals surface area contributed by atoms with Crippen molar-refractivity contribution in [2.75, 3.05) is 18.5 Å². The Kier molecular flexibility index (Phi) is 15.8. The molecule has 24 heteroatoms. The molecule has 22 nitrogen and oxygen atoms in total. The van der Waals surface area contributed by atoms with Crippen LogP contribution >= 0.6 is 11.3 Å². The summed E-state index contributed by atoms with van der Waals surface area (Å²) in [6.45, 7) is 18.5. The lowest BCUT2D eigenvalue weighted by Crippen LogP contribution is -2.76. The number of esters is 1. The molecule has 0 spiro atoms. The summed E-state index contributed by atoms with van der Waals surface area (Å²) in [4.78, 5) is 74.5. The van der Waals surface area contributed by atoms with Gasteiger partial charge in [0.05, 0.1) is 19.1 Å². The van der Waals surface area contributed by atoms with Crippen molar-refractivity contribution in [3.63, 3.8) is 0 Å². The largest absolute Gasteiger partial charge is 0.724 e. The fourth-order valence-electron chi connectivity index (χ4n) is 5.70. The summed E-state index contributed by atoms with van der Waals surface area (Å²) < 4.78 is 64.0. The van der Waals surface area contributed by atoms with E-state index in [2.05, 4.69) is 30.4 Å². The van der Waals surface area contributed by atoms with Crippen LogP contribution in [0.1, 0.15) is 88.3 Å². The number of benzene rings is 1. The Morgan fingerprint density at radius 3 is 2.16 bits per heavy atom. The fourth-order valence-corrected chi connectivity index (χ4v) is 6.83. The zero-order chi connectivity index (χ0) is 48.0. The average molecular weight is 937 g/mol. The van der Waals surface area contributed by atoms with E-state index in [1.54, 1.807) is 74.4 Å². The molecule has 64 heavy (non-hydrogen) atoms. The summed E-state index contributed by atoms with van der Waals surface area (Å²) in [5.74, 6) is -2.71. The van der Waals surface area contributed by atoms with Gasteiger partial charge in [-0.05, 0) is 100 Å². The first-order chi connectivity index (χ1) is 29.4. The molecule has 0 radical (unpaired) electrons. The lowest BCUT2D eigenvalue weighted by molar-refractivity contribution is -0.660. The van der Waals surface area contributed by atoms with Crippen LogP contribution in [-0.4, -0.2) is 111 Å². The van der Waals surface area contributed by atoms with Crippen molar-refractivity contribution in [2.24, 2.45) is 12.2 Å². The van der Waals surface area contributed by atoms with Crippen LogP contribution in [0.25, 0.3) is 11.3 Å². The number of nitrogens with one attached hydrogen (secondary N) is 3. The lowest BCUT2D eigenvalue weighted by atomic mass is 9.84. The molecular formula is C40H56N8O14S2. The highest BCUT2D eigenvalue weighted by Gasteiger charge is 2.57. The number of alkyl carbamates (subject to hydrolysis) is 1. The third-order valence-corrected chi connectivity index (χ3v) is 9.52. The highest BCUT2D eigenvalue weighted by Crippen LogP contribution is 2.33. The Morgan fingerprint density at radius 1 is 0.969 bits per heavy atom. The van der Waals surface area contributed by atoms with Crippen LogP contribution < -0.4 is 25.3 Å². The fraction of sp³-hybridized carbons (Fsp3) is 0.550. The second-order valence-electron chi connectivity index (χ2n) is 18.0. The van der Waals surface area contributed by atoms with E-state index in [0.717, 1.165) is 22.6 Å². The summed E-state index contributed by atoms with van der Waals surface area (Å²) in [5.41, 5.74) is -2.96. The van der Waals surface area contributed by atoms with Crippen molar-refractivity contribution < 1.29 is 69.6 Å². The maximum atomic E-state index is 13.9. The van der Waals surface area contributed by atoms with Gasteiger partial charge < -0.3 is 39.0 Å². The number of oxime groups is 1. The molecule has 1 aromatic carbocycles. The summed E-state index contributed by atoms with van der Waals surface area (Å²) in [5, 5.41) is 13.2. The van der Waals surface area contributed by atoms with Crippen LogP contribution in [0.5, 0.6) is 5.75 Å². The second kappa shape index (κ2) is 19.9. The molecule has 0 bridgehead atoms. The van der Waals surface area contributed by atoms with Crippen LogP contribution in [0, 0.1) is 0 Å². The van der Waals surface area contributed by atoms with Crippen molar-refractivity contribution >= 4 is 62.5 Å². The first-order valence-corrected chi connectivity index (χ1v) is 22.1. The number of anilines is 1. The zero-order valence-electron chi connectivity index (χ0n) is 37.8. The van der Waals surface area contributed by atoms with Gasteiger partial charge in [0, 0.05) is 23.9 Å². The van der Waals surface area contributed by atoms with Crippen molar-refractivity contribution in [1.82, 2.24) is 25.2 Å². The van der Waals surface area contributed by atoms with E-state index in [0.29, 0.717) is 30.3 Å². The molecule has 1 aliphatic heterocycles. The number of aryl methyl sites for hydroxylation is 2. The number of aromatic nitrogens is 3. The minimum atomic E-state index is -5.33. The normalized spacial score (nSPS) is 16.0. The van der Waals surface area contributed by atoms with Crippen LogP contribution in [0.2, 0.25) is 0 Å². The van der Waals surface area contributed by atoms with Crippen molar-refractivity contribution in [3.8, 4) is 17.0 Å². The Hall–Kier alpha value is -5.85. The van der Waals surface area contributed by atoms with E-state index in [4.69, 9.17) is 23.8 Å². The number of hydroxylamine groups is 2. The molecule has 352 valence electrons. The van der Waals surface area contributed by atoms with Crippen molar-refractivity contribution in [3.05, 3.63) is 47.9 Å². The van der Waals surface area contributed by atoms with Gasteiger partial charge >= 0.3 is 18.2 Å². The first kappa shape index (κ1) is 50.8. The quantitative estimate of drug-likeness (QED) is 0.0200. The molecule has 0 saturated carbocycles. The second-order valence-corrected chi connectivity index (χ2v) is 19.8. The Morgan fingerprint density at radius 2 is 1.58 bits per heavy atom. The molecule has 1 unspecified atom stereocenters. The molecule has 3 N–H and O–H groups in total. The van der Waals surface area contributed by atoms with Gasteiger partial charge in [0.15, 0.2) is 16.5 Å². The third kappa shape index (κ3) is 15.2. The first-order valence-electron chi connectivity index (χ1n) is 19.9. The van der Waals surface area contributed by atoms with Gasteiger partial charge in [0.1, 0.15) is 47.1 Å². The standard InChI is InChI=1S/C40H56N8O14S2/c1-37(2,3)58-33(51)28(21-57-25-16-14-24(15-17-25)27-20-47(23-46(27)12)19-13-18-41-35(52)59-38(4,5)6)61-45-29(26-22-63-34(42-26)44-36(53)60-39(7,8)9)31(49)43-30-32(50)48(40(30,10)11)62-64(54,55)56/h14-17,20,22-23,28,30H,13,18-19,21H2,1-12H3,(H3-,41,42,43,44,49,52,53,54,55,56)/b45-29-/t28?,30-/m1/s1. The monoisotopic (exact) mass is 936 g/mol. The predicted molar refractivity (Wildman–Crippen MR) is 228 cm³/mol. The van der Waals surface area contributed by atoms with Crippen LogP contribution in [0.15, 0.2) is 47.3 Å². The summed E-state index contributed by atoms with van der Waals surface area (Å²) in [6.07, 6.45) is 1.65. The van der Waals surface area contributed by atoms with Gasteiger partial charge in [0.25, 0.3) is 17.9 Å². The number of hydrogen-bond acceptors (Lipinski definition) is 17. The lowest BCUT2D eigenvalue weighted by Gasteiger charge is -2.51. The number of imidazole rings is 1. The molecule has 1 fully saturated rings. The molecule has 2 atom stereocenters. The van der Waals surface area contributed by atoms with E-state index in [1.165, 1.54) is 19.2 Å². The van der Waals surface area contributed by atoms with E-state index in [-0.39, 0.29) is 10.8 Å². The minimum absolute atomic E-state index is 0.0155.